The van der Waals surface area contributed by atoms with E-state index >= 15 is 0 Å². The Morgan fingerprint density at radius 1 is 1.00 bits per heavy atom. The van der Waals surface area contributed by atoms with E-state index in [1.165, 1.54) is 30.5 Å². The van der Waals surface area contributed by atoms with Crippen LogP contribution in [0.1, 0.15) is 0 Å². The lowest BCUT2D eigenvalue weighted by molar-refractivity contribution is 0.509. The Morgan fingerprint density at radius 3 is 2.30 bits per heavy atom. The van der Waals surface area contributed by atoms with E-state index in [0.29, 0.717) is 0 Å². The molecule has 11 heteroatoms. The number of halogens is 4. The maximum absolute atomic E-state index is 13.2. The van der Waals surface area contributed by atoms with Crippen LogP contribution in [0.4, 0.5) is 14.5 Å². The van der Waals surface area contributed by atoms with Crippen LogP contribution in [0.2, 0.25) is 10.0 Å². The van der Waals surface area contributed by atoms with Gasteiger partial charge in [-0.2, -0.15) is 9.78 Å². The van der Waals surface area contributed by atoms with Gasteiger partial charge in [0.2, 0.25) is 0 Å². The average Bonchev–Trinajstić information content (AvgIpc) is 2.63. The molecule has 140 valence electrons. The van der Waals surface area contributed by atoms with Crippen molar-refractivity contribution in [1.29, 1.82) is 0 Å². The minimum Gasteiger partial charge on any atom is -0.280 e. The quantitative estimate of drug-likeness (QED) is 0.683. The summed E-state index contributed by atoms with van der Waals surface area (Å²) in [7, 11) is -4.06. The summed E-state index contributed by atoms with van der Waals surface area (Å²) in [4.78, 5) is 11.9. The number of hydrogen-bond acceptors (Lipinski definition) is 4. The molecule has 3 rings (SSSR count). The molecule has 2 aromatic carbocycles. The standard InChI is InChI=1S/C16H9Cl2F2N3O3S/c17-12-8-21-23(16(24)15(12)18)10-2-4-11(5-3-10)27(25,26)22-9-1-6-13(19)14(20)7-9/h1-8,22H. The summed E-state index contributed by atoms with van der Waals surface area (Å²) in [5.41, 5.74) is -0.551. The maximum atomic E-state index is 13.2. The number of aromatic nitrogens is 2. The Morgan fingerprint density at radius 2 is 1.67 bits per heavy atom. The Balaban J connectivity index is 1.91. The van der Waals surface area contributed by atoms with Crippen LogP contribution in [0.25, 0.3) is 5.69 Å². The molecule has 0 aliphatic carbocycles. The van der Waals surface area contributed by atoms with E-state index in [2.05, 4.69) is 9.82 Å². The van der Waals surface area contributed by atoms with Crippen LogP contribution in [-0.4, -0.2) is 18.2 Å². The molecule has 0 bridgehead atoms. The predicted molar refractivity (Wildman–Crippen MR) is 97.0 cm³/mol. The summed E-state index contributed by atoms with van der Waals surface area (Å²) in [5.74, 6) is -2.28. The van der Waals surface area contributed by atoms with Gasteiger partial charge < -0.3 is 0 Å². The van der Waals surface area contributed by atoms with E-state index in [4.69, 9.17) is 23.2 Å². The van der Waals surface area contributed by atoms with Crippen LogP contribution in [0.3, 0.4) is 0 Å². The molecule has 0 saturated carbocycles. The molecule has 0 radical (unpaired) electrons. The van der Waals surface area contributed by atoms with Crippen LogP contribution in [0, 0.1) is 11.6 Å². The highest BCUT2D eigenvalue weighted by Gasteiger charge is 2.16. The van der Waals surface area contributed by atoms with Crippen LogP contribution in [-0.2, 0) is 10.0 Å². The fourth-order valence-corrected chi connectivity index (χ4v) is 3.44. The van der Waals surface area contributed by atoms with Gasteiger partial charge in [0.1, 0.15) is 5.02 Å². The lowest BCUT2D eigenvalue weighted by Crippen LogP contribution is -2.21. The molecule has 1 aromatic heterocycles. The lowest BCUT2D eigenvalue weighted by Gasteiger charge is -2.10. The van der Waals surface area contributed by atoms with Gasteiger partial charge in [-0.05, 0) is 36.4 Å². The first-order chi connectivity index (χ1) is 12.7. The van der Waals surface area contributed by atoms with E-state index in [1.54, 1.807) is 0 Å². The first kappa shape index (κ1) is 19.3. The second-order valence-electron chi connectivity index (χ2n) is 5.25. The maximum Gasteiger partial charge on any atom is 0.291 e. The monoisotopic (exact) mass is 431 g/mol. The first-order valence-electron chi connectivity index (χ1n) is 7.21. The Hall–Kier alpha value is -2.49. The van der Waals surface area contributed by atoms with Gasteiger partial charge in [0.25, 0.3) is 15.6 Å². The van der Waals surface area contributed by atoms with E-state index in [-0.39, 0.29) is 26.3 Å². The van der Waals surface area contributed by atoms with Crippen molar-refractivity contribution in [1.82, 2.24) is 9.78 Å². The summed E-state index contributed by atoms with van der Waals surface area (Å²) in [6.07, 6.45) is 1.18. The third-order valence-electron chi connectivity index (χ3n) is 3.44. The SMILES string of the molecule is O=c1c(Cl)c(Cl)cnn1-c1ccc(S(=O)(=O)Nc2ccc(F)c(F)c2)cc1. The molecule has 0 fully saturated rings. The van der Waals surface area contributed by atoms with Crippen molar-refractivity contribution in [3.05, 3.63) is 80.7 Å². The van der Waals surface area contributed by atoms with Crippen molar-refractivity contribution in [3.63, 3.8) is 0 Å². The minimum absolute atomic E-state index is 0.00663. The molecule has 0 unspecified atom stereocenters. The fourth-order valence-electron chi connectivity index (χ4n) is 2.14. The lowest BCUT2D eigenvalue weighted by atomic mass is 10.3. The topological polar surface area (TPSA) is 81.1 Å². The predicted octanol–water partition coefficient (Wildman–Crippen LogP) is 3.62. The van der Waals surface area contributed by atoms with Gasteiger partial charge in [-0.25, -0.2) is 17.2 Å². The zero-order valence-corrected chi connectivity index (χ0v) is 15.5. The number of nitrogens with one attached hydrogen (secondary N) is 1. The number of anilines is 1. The van der Waals surface area contributed by atoms with Gasteiger partial charge >= 0.3 is 0 Å². The van der Waals surface area contributed by atoms with Gasteiger partial charge in [0.15, 0.2) is 11.6 Å². The Kier molecular flexibility index (Phi) is 5.18. The molecule has 0 saturated heterocycles. The molecule has 3 aromatic rings. The molecule has 6 nitrogen and oxygen atoms in total. The van der Waals surface area contributed by atoms with Gasteiger partial charge in [-0.15, -0.1) is 0 Å². The molecule has 0 spiro atoms. The second kappa shape index (κ2) is 7.26. The average molecular weight is 432 g/mol. The third-order valence-corrected chi connectivity index (χ3v) is 5.59. The summed E-state index contributed by atoms with van der Waals surface area (Å²) in [6, 6.07) is 7.71. The molecule has 0 atom stereocenters. The van der Waals surface area contributed by atoms with Crippen LogP contribution in [0.5, 0.6) is 0 Å². The first-order valence-corrected chi connectivity index (χ1v) is 9.44. The van der Waals surface area contributed by atoms with E-state index in [9.17, 15) is 22.0 Å². The molecule has 1 N–H and O–H groups in total. The van der Waals surface area contributed by atoms with Crippen molar-refractivity contribution in [2.24, 2.45) is 0 Å². The van der Waals surface area contributed by atoms with Crippen molar-refractivity contribution >= 4 is 38.9 Å². The largest absolute Gasteiger partial charge is 0.291 e. The van der Waals surface area contributed by atoms with Crippen LogP contribution >= 0.6 is 23.2 Å². The third kappa shape index (κ3) is 3.95. The molecular formula is C16H9Cl2F2N3O3S. The number of benzene rings is 2. The van der Waals surface area contributed by atoms with Gasteiger partial charge in [-0.3, -0.25) is 9.52 Å². The zero-order chi connectivity index (χ0) is 19.8. The highest BCUT2D eigenvalue weighted by molar-refractivity contribution is 7.92. The van der Waals surface area contributed by atoms with Crippen molar-refractivity contribution in [3.8, 4) is 5.69 Å². The number of nitrogens with zero attached hydrogens (tertiary/aromatic N) is 2. The van der Waals surface area contributed by atoms with Crippen LogP contribution < -0.4 is 10.3 Å². The number of rotatable bonds is 4. The molecular weight excluding hydrogens is 423 g/mol. The van der Waals surface area contributed by atoms with Crippen LogP contribution in [0.15, 0.2) is 58.4 Å². The highest BCUT2D eigenvalue weighted by Crippen LogP contribution is 2.20. The molecule has 0 aliphatic rings. The minimum atomic E-state index is -4.06. The Bertz CT molecular complexity index is 1180. The van der Waals surface area contributed by atoms with E-state index in [1.807, 2.05) is 0 Å². The smallest absolute Gasteiger partial charge is 0.280 e. The van der Waals surface area contributed by atoms with Crippen molar-refractivity contribution in [2.75, 3.05) is 4.72 Å². The number of sulfonamides is 1. The molecule has 27 heavy (non-hydrogen) atoms. The summed E-state index contributed by atoms with van der Waals surface area (Å²) in [6.45, 7) is 0. The molecule has 0 amide bonds. The van der Waals surface area contributed by atoms with Gasteiger partial charge in [0.05, 0.1) is 27.5 Å². The van der Waals surface area contributed by atoms with E-state index in [0.717, 1.165) is 22.9 Å². The normalized spacial score (nSPS) is 11.4. The molecule has 0 aliphatic heterocycles. The fraction of sp³-hybridized carbons (Fsp3) is 0. The van der Waals surface area contributed by atoms with Crippen molar-refractivity contribution < 1.29 is 17.2 Å². The van der Waals surface area contributed by atoms with Gasteiger partial charge in [0, 0.05) is 6.07 Å². The summed E-state index contributed by atoms with van der Waals surface area (Å²) < 4.78 is 54.0. The van der Waals surface area contributed by atoms with Gasteiger partial charge in [-0.1, -0.05) is 23.2 Å². The zero-order valence-electron chi connectivity index (χ0n) is 13.2. The Labute approximate surface area is 162 Å². The summed E-state index contributed by atoms with van der Waals surface area (Å²) >= 11 is 11.5. The highest BCUT2D eigenvalue weighted by atomic mass is 35.5. The number of hydrogen-bond donors (Lipinski definition) is 1. The summed E-state index contributed by atoms with van der Waals surface area (Å²) in [5, 5.41) is 3.61. The molecule has 1 heterocycles. The second-order valence-corrected chi connectivity index (χ2v) is 7.72. The van der Waals surface area contributed by atoms with E-state index < -0.39 is 27.2 Å². The van der Waals surface area contributed by atoms with Crippen molar-refractivity contribution in [2.45, 2.75) is 4.90 Å².